The van der Waals surface area contributed by atoms with Gasteiger partial charge >= 0.3 is 5.97 Å². The fraction of sp³-hybridized carbons (Fsp3) is 0.679. The summed E-state index contributed by atoms with van der Waals surface area (Å²) in [6, 6.07) is 4.94. The van der Waals surface area contributed by atoms with E-state index in [2.05, 4.69) is 12.7 Å². The summed E-state index contributed by atoms with van der Waals surface area (Å²) < 4.78 is 5.78. The molecule has 0 aromatic heterocycles. The lowest BCUT2D eigenvalue weighted by atomic mass is 9.65. The minimum atomic E-state index is -0.282. The molecule has 32 heavy (non-hydrogen) atoms. The second-order valence-electron chi connectivity index (χ2n) is 10.6. The molecule has 3 saturated carbocycles. The molecule has 0 heterocycles. The van der Waals surface area contributed by atoms with Crippen LogP contribution < -0.4 is 0 Å². The Hall–Kier alpha value is -0.990. The Bertz CT molecular complexity index is 768. The maximum absolute atomic E-state index is 12.5. The van der Waals surface area contributed by atoms with Gasteiger partial charge in [-0.05, 0) is 131 Å². The summed E-state index contributed by atoms with van der Waals surface area (Å²) in [6.07, 6.45) is 19.2. The largest absolute Gasteiger partial charge is 0.459 e. The highest BCUT2D eigenvalue weighted by atomic mass is 35.5. The number of ether oxygens (including phenoxy) is 1. The Balaban J connectivity index is 1.17. The third-order valence-electron chi connectivity index (χ3n) is 8.69. The standard InChI is InChI=1S/C28H38Cl2O2/c1-2-3-19-4-6-20(7-5-19)21-8-10-22(11-9-21)23-12-15-25(16-13-23)32-28(31)24-14-17-26(29)27(30)18-24/h2,14,17-23,25H,1,3-13,15-16H2. The molecule has 0 unspecified atom stereocenters. The van der Waals surface area contributed by atoms with Gasteiger partial charge in [0.1, 0.15) is 6.10 Å². The van der Waals surface area contributed by atoms with E-state index in [-0.39, 0.29) is 12.1 Å². The number of hydrogen-bond acceptors (Lipinski definition) is 2. The minimum absolute atomic E-state index is 0.0373. The van der Waals surface area contributed by atoms with E-state index in [4.69, 9.17) is 27.9 Å². The predicted octanol–water partition coefficient (Wildman–Crippen LogP) is 8.90. The van der Waals surface area contributed by atoms with Crippen LogP contribution in [0.15, 0.2) is 30.9 Å². The monoisotopic (exact) mass is 476 g/mol. The van der Waals surface area contributed by atoms with E-state index in [0.717, 1.165) is 42.4 Å². The normalized spacial score (nSPS) is 33.4. The van der Waals surface area contributed by atoms with Crippen molar-refractivity contribution in [2.75, 3.05) is 0 Å². The summed E-state index contributed by atoms with van der Waals surface area (Å²) in [5, 5.41) is 0.851. The molecular formula is C28H38Cl2O2. The third kappa shape index (κ3) is 6.11. The third-order valence-corrected chi connectivity index (χ3v) is 9.43. The van der Waals surface area contributed by atoms with Crippen LogP contribution >= 0.6 is 23.2 Å². The van der Waals surface area contributed by atoms with E-state index >= 15 is 0 Å². The van der Waals surface area contributed by atoms with Gasteiger partial charge in [-0.25, -0.2) is 4.79 Å². The quantitative estimate of drug-likeness (QED) is 0.302. The number of rotatable bonds is 6. The average Bonchev–Trinajstić information content (AvgIpc) is 2.82. The lowest BCUT2D eigenvalue weighted by Gasteiger charge is -2.41. The summed E-state index contributed by atoms with van der Waals surface area (Å²) in [6.45, 7) is 3.92. The van der Waals surface area contributed by atoms with E-state index in [9.17, 15) is 4.79 Å². The van der Waals surface area contributed by atoms with Crippen LogP contribution in [0.25, 0.3) is 0 Å². The first kappa shape index (κ1) is 24.1. The summed E-state index contributed by atoms with van der Waals surface area (Å²) in [4.78, 5) is 12.5. The molecule has 0 radical (unpaired) electrons. The van der Waals surface area contributed by atoms with Gasteiger partial charge in [0.05, 0.1) is 15.6 Å². The zero-order valence-corrected chi connectivity index (χ0v) is 20.8. The molecular weight excluding hydrogens is 439 g/mol. The van der Waals surface area contributed by atoms with Gasteiger partial charge in [-0.1, -0.05) is 29.3 Å². The summed E-state index contributed by atoms with van der Waals surface area (Å²) in [7, 11) is 0. The van der Waals surface area contributed by atoms with Crippen LogP contribution in [0.2, 0.25) is 10.0 Å². The van der Waals surface area contributed by atoms with Crippen LogP contribution in [-0.2, 0) is 4.74 Å². The highest BCUT2D eigenvalue weighted by Crippen LogP contribution is 2.45. The number of esters is 1. The first-order valence-corrected chi connectivity index (χ1v) is 13.6. The SMILES string of the molecule is C=CCC1CCC(C2CCC(C3CCC(OC(=O)c4ccc(Cl)c(Cl)c4)CC3)CC2)CC1. The van der Waals surface area contributed by atoms with E-state index in [1.54, 1.807) is 18.2 Å². The zero-order valence-electron chi connectivity index (χ0n) is 19.2. The molecule has 0 spiro atoms. The summed E-state index contributed by atoms with van der Waals surface area (Å²) in [5.74, 6) is 4.28. The molecule has 0 saturated heterocycles. The number of benzene rings is 1. The molecule has 0 bridgehead atoms. The number of carbonyl (C=O) groups excluding carboxylic acids is 1. The molecule has 0 N–H and O–H groups in total. The van der Waals surface area contributed by atoms with Crippen molar-refractivity contribution in [3.63, 3.8) is 0 Å². The van der Waals surface area contributed by atoms with Crippen molar-refractivity contribution >= 4 is 29.2 Å². The number of allylic oxidation sites excluding steroid dienone is 1. The molecule has 0 aliphatic heterocycles. The first-order chi connectivity index (χ1) is 15.5. The second kappa shape index (κ2) is 11.4. The Labute approximate surface area is 204 Å². The average molecular weight is 478 g/mol. The van der Waals surface area contributed by atoms with Crippen LogP contribution in [0, 0.1) is 29.6 Å². The molecule has 1 aromatic rings. The smallest absolute Gasteiger partial charge is 0.338 e. The fourth-order valence-corrected chi connectivity index (χ4v) is 7.04. The van der Waals surface area contributed by atoms with Crippen LogP contribution in [0.1, 0.15) is 93.8 Å². The topological polar surface area (TPSA) is 26.3 Å². The van der Waals surface area contributed by atoms with Crippen molar-refractivity contribution in [1.82, 2.24) is 0 Å². The van der Waals surface area contributed by atoms with E-state index in [1.807, 2.05) is 0 Å². The molecule has 4 heteroatoms. The van der Waals surface area contributed by atoms with Gasteiger partial charge in [-0.3, -0.25) is 0 Å². The van der Waals surface area contributed by atoms with Gasteiger partial charge in [0.2, 0.25) is 0 Å². The molecule has 0 atom stereocenters. The van der Waals surface area contributed by atoms with Gasteiger partial charge in [0.15, 0.2) is 0 Å². The molecule has 0 amide bonds. The van der Waals surface area contributed by atoms with Gasteiger partial charge in [0.25, 0.3) is 0 Å². The molecule has 3 aliphatic carbocycles. The number of hydrogen-bond donors (Lipinski definition) is 0. The Morgan fingerprint density at radius 2 is 1.31 bits per heavy atom. The van der Waals surface area contributed by atoms with E-state index in [1.165, 1.54) is 70.6 Å². The minimum Gasteiger partial charge on any atom is -0.459 e. The van der Waals surface area contributed by atoms with Gasteiger partial charge < -0.3 is 4.74 Å². The Morgan fingerprint density at radius 1 is 0.812 bits per heavy atom. The van der Waals surface area contributed by atoms with Crippen molar-refractivity contribution < 1.29 is 9.53 Å². The van der Waals surface area contributed by atoms with E-state index in [0.29, 0.717) is 15.6 Å². The van der Waals surface area contributed by atoms with Crippen LogP contribution in [0.5, 0.6) is 0 Å². The molecule has 3 fully saturated rings. The van der Waals surface area contributed by atoms with Crippen molar-refractivity contribution in [2.24, 2.45) is 29.6 Å². The van der Waals surface area contributed by atoms with Crippen LogP contribution in [-0.4, -0.2) is 12.1 Å². The van der Waals surface area contributed by atoms with Crippen LogP contribution in [0.4, 0.5) is 0 Å². The van der Waals surface area contributed by atoms with Gasteiger partial charge in [-0.15, -0.1) is 6.58 Å². The number of carbonyl (C=O) groups is 1. The molecule has 2 nitrogen and oxygen atoms in total. The Morgan fingerprint density at radius 3 is 1.81 bits per heavy atom. The molecule has 3 aliphatic rings. The van der Waals surface area contributed by atoms with Crippen molar-refractivity contribution in [3.05, 3.63) is 46.5 Å². The maximum atomic E-state index is 12.5. The number of halogens is 2. The van der Waals surface area contributed by atoms with Crippen molar-refractivity contribution in [2.45, 2.75) is 89.6 Å². The predicted molar refractivity (Wildman–Crippen MR) is 133 cm³/mol. The highest BCUT2D eigenvalue weighted by molar-refractivity contribution is 6.42. The zero-order chi connectivity index (χ0) is 22.5. The second-order valence-corrected chi connectivity index (χ2v) is 11.4. The lowest BCUT2D eigenvalue weighted by molar-refractivity contribution is 0.00999. The maximum Gasteiger partial charge on any atom is 0.338 e. The summed E-state index contributed by atoms with van der Waals surface area (Å²) >= 11 is 12.0. The molecule has 4 rings (SSSR count). The summed E-state index contributed by atoms with van der Waals surface area (Å²) in [5.41, 5.74) is 0.485. The Kier molecular flexibility index (Phi) is 8.62. The van der Waals surface area contributed by atoms with Gasteiger partial charge in [0, 0.05) is 0 Å². The molecule has 1 aromatic carbocycles. The van der Waals surface area contributed by atoms with Crippen LogP contribution in [0.3, 0.4) is 0 Å². The van der Waals surface area contributed by atoms with Crippen molar-refractivity contribution in [3.8, 4) is 0 Å². The lowest BCUT2D eigenvalue weighted by Crippen LogP contribution is -2.31. The highest BCUT2D eigenvalue weighted by Gasteiger charge is 2.35. The van der Waals surface area contributed by atoms with E-state index < -0.39 is 0 Å². The first-order valence-electron chi connectivity index (χ1n) is 12.8. The van der Waals surface area contributed by atoms with Crippen molar-refractivity contribution in [1.29, 1.82) is 0 Å². The van der Waals surface area contributed by atoms with Gasteiger partial charge in [-0.2, -0.15) is 0 Å². The molecule has 176 valence electrons. The fourth-order valence-electron chi connectivity index (χ4n) is 6.74.